The second kappa shape index (κ2) is 5.70. The van der Waals surface area contributed by atoms with Crippen LogP contribution in [-0.4, -0.2) is 23.9 Å². The molecule has 84 valence electrons. The van der Waals surface area contributed by atoms with Crippen molar-refractivity contribution in [1.82, 2.24) is 0 Å². The maximum Gasteiger partial charge on any atom is 0.355 e. The van der Waals surface area contributed by atoms with Crippen LogP contribution in [0.1, 0.15) is 6.42 Å². The monoisotopic (exact) mass is 219 g/mol. The summed E-state index contributed by atoms with van der Waals surface area (Å²) in [5.41, 5.74) is 0.270. The molecule has 0 aromatic heterocycles. The van der Waals surface area contributed by atoms with Crippen molar-refractivity contribution in [3.8, 4) is 0 Å². The van der Waals surface area contributed by atoms with Crippen LogP contribution in [0, 0.1) is 0 Å². The Bertz CT molecular complexity index is 414. The standard InChI is InChI=1S/C12H13NO3/c1-9-6-4-3-5-7-10(16-2)8-13-11(9)12(14)15/h3-6,8H,1,7H2,2H3,(H,14,15)/b5-3-,6-4-,10-8+,13-11?. The summed E-state index contributed by atoms with van der Waals surface area (Å²) in [5.74, 6) is -0.510. The summed E-state index contributed by atoms with van der Waals surface area (Å²) in [6.07, 6.45) is 9.00. The zero-order valence-corrected chi connectivity index (χ0v) is 9.01. The van der Waals surface area contributed by atoms with Gasteiger partial charge >= 0.3 is 5.97 Å². The van der Waals surface area contributed by atoms with Gasteiger partial charge in [0.15, 0.2) is 5.71 Å². The van der Waals surface area contributed by atoms with Gasteiger partial charge in [-0.1, -0.05) is 30.9 Å². The predicted molar refractivity (Wildman–Crippen MR) is 62.2 cm³/mol. The number of nitrogens with zero attached hydrogens (tertiary/aromatic N) is 1. The first-order chi connectivity index (χ1) is 7.65. The van der Waals surface area contributed by atoms with Gasteiger partial charge in [-0.25, -0.2) is 9.79 Å². The normalized spacial score (nSPS) is 23.7. The average Bonchev–Trinajstić information content (AvgIpc) is 2.26. The first-order valence-corrected chi connectivity index (χ1v) is 4.71. The Balaban J connectivity index is 3.11. The molecular formula is C12H13NO3. The molecule has 1 N–H and O–H groups in total. The van der Waals surface area contributed by atoms with Crippen molar-refractivity contribution < 1.29 is 14.6 Å². The van der Waals surface area contributed by atoms with Gasteiger partial charge < -0.3 is 9.84 Å². The number of hydrogen-bond donors (Lipinski definition) is 1. The fourth-order valence-corrected chi connectivity index (χ4v) is 1.11. The number of allylic oxidation sites excluding steroid dienone is 4. The van der Waals surface area contributed by atoms with Crippen molar-refractivity contribution in [3.63, 3.8) is 0 Å². The number of carbonyl (C=O) groups is 1. The van der Waals surface area contributed by atoms with Crippen LogP contribution in [0.25, 0.3) is 0 Å². The zero-order chi connectivity index (χ0) is 12.0. The van der Waals surface area contributed by atoms with Gasteiger partial charge in [-0.2, -0.15) is 0 Å². The summed E-state index contributed by atoms with van der Waals surface area (Å²) in [5, 5.41) is 8.93. The van der Waals surface area contributed by atoms with Crippen LogP contribution >= 0.6 is 0 Å². The largest absolute Gasteiger partial charge is 0.499 e. The maximum atomic E-state index is 10.9. The molecule has 0 spiro atoms. The summed E-state index contributed by atoms with van der Waals surface area (Å²) in [4.78, 5) is 14.8. The summed E-state index contributed by atoms with van der Waals surface area (Å²) < 4.78 is 5.04. The van der Waals surface area contributed by atoms with Crippen LogP contribution < -0.4 is 0 Å². The van der Waals surface area contributed by atoms with Crippen LogP contribution in [0.15, 0.2) is 53.4 Å². The van der Waals surface area contributed by atoms with E-state index in [2.05, 4.69) is 11.6 Å². The molecule has 0 amide bonds. The molecule has 0 fully saturated rings. The van der Waals surface area contributed by atoms with Gasteiger partial charge in [-0.15, -0.1) is 0 Å². The van der Waals surface area contributed by atoms with Crippen molar-refractivity contribution in [2.24, 2.45) is 4.99 Å². The van der Waals surface area contributed by atoms with Crippen molar-refractivity contribution >= 4 is 11.7 Å². The highest BCUT2D eigenvalue weighted by Gasteiger charge is 2.10. The molecule has 0 aromatic rings. The lowest BCUT2D eigenvalue weighted by Gasteiger charge is -2.03. The number of ether oxygens (including phenoxy) is 1. The van der Waals surface area contributed by atoms with E-state index in [1.165, 1.54) is 13.3 Å². The fourth-order valence-electron chi connectivity index (χ4n) is 1.11. The van der Waals surface area contributed by atoms with Crippen LogP contribution in [0.3, 0.4) is 0 Å². The predicted octanol–water partition coefficient (Wildman–Crippen LogP) is 2.07. The second-order valence-corrected chi connectivity index (χ2v) is 3.10. The van der Waals surface area contributed by atoms with Gasteiger partial charge in [0.05, 0.1) is 13.3 Å². The smallest absolute Gasteiger partial charge is 0.355 e. The van der Waals surface area contributed by atoms with Crippen LogP contribution in [0.2, 0.25) is 0 Å². The van der Waals surface area contributed by atoms with E-state index in [4.69, 9.17) is 9.84 Å². The Morgan fingerprint density at radius 1 is 1.56 bits per heavy atom. The quantitative estimate of drug-likeness (QED) is 0.773. The topological polar surface area (TPSA) is 58.9 Å². The van der Waals surface area contributed by atoms with E-state index in [1.54, 1.807) is 12.2 Å². The van der Waals surface area contributed by atoms with E-state index in [0.717, 1.165) is 0 Å². The number of hydrogen-bond acceptors (Lipinski definition) is 3. The van der Waals surface area contributed by atoms with Gasteiger partial charge in [0.1, 0.15) is 5.76 Å². The van der Waals surface area contributed by atoms with Gasteiger partial charge in [0.25, 0.3) is 0 Å². The van der Waals surface area contributed by atoms with E-state index < -0.39 is 5.97 Å². The molecule has 1 aliphatic rings. The molecule has 0 saturated carbocycles. The maximum absolute atomic E-state index is 10.9. The molecular weight excluding hydrogens is 206 g/mol. The zero-order valence-electron chi connectivity index (χ0n) is 9.01. The molecule has 0 saturated heterocycles. The lowest BCUT2D eigenvalue weighted by atomic mass is 10.1. The van der Waals surface area contributed by atoms with E-state index in [1.807, 2.05) is 12.2 Å². The van der Waals surface area contributed by atoms with Gasteiger partial charge in [0, 0.05) is 12.0 Å². The molecule has 0 unspecified atom stereocenters. The summed E-state index contributed by atoms with van der Waals surface area (Å²) >= 11 is 0. The number of carboxylic acid groups (broad SMARTS) is 1. The number of rotatable bonds is 2. The molecule has 1 heterocycles. The number of methoxy groups -OCH3 is 1. The highest BCUT2D eigenvalue weighted by Crippen LogP contribution is 2.08. The molecule has 1 aliphatic heterocycles. The minimum absolute atomic E-state index is 0.0823. The molecule has 0 aromatic carbocycles. The van der Waals surface area contributed by atoms with Crippen LogP contribution in [0.5, 0.6) is 0 Å². The first kappa shape index (κ1) is 12.0. The number of aliphatic imine (C=N–C) groups is 1. The third-order valence-electron chi connectivity index (χ3n) is 1.97. The fraction of sp³-hybridized carbons (Fsp3) is 0.167. The molecule has 1 rings (SSSR count). The number of aliphatic carboxylic acids is 1. The highest BCUT2D eigenvalue weighted by atomic mass is 16.5. The lowest BCUT2D eigenvalue weighted by molar-refractivity contribution is -0.129. The minimum Gasteiger partial charge on any atom is -0.499 e. The Kier molecular flexibility index (Phi) is 4.27. The Hall–Kier alpha value is -2.10. The molecule has 0 aliphatic carbocycles. The average molecular weight is 219 g/mol. The minimum atomic E-state index is -1.11. The van der Waals surface area contributed by atoms with E-state index in [0.29, 0.717) is 17.8 Å². The van der Waals surface area contributed by atoms with Crippen LogP contribution in [0.4, 0.5) is 0 Å². The second-order valence-electron chi connectivity index (χ2n) is 3.10. The number of carboxylic acids is 1. The van der Waals surface area contributed by atoms with Crippen molar-refractivity contribution in [2.45, 2.75) is 6.42 Å². The SMILES string of the molecule is C=C1/C=C\C=C/C/C(OC)=C\N=C1C(=O)O. The molecule has 0 bridgehead atoms. The molecule has 4 nitrogen and oxygen atoms in total. The van der Waals surface area contributed by atoms with E-state index in [9.17, 15) is 4.79 Å². The van der Waals surface area contributed by atoms with E-state index >= 15 is 0 Å². The van der Waals surface area contributed by atoms with Crippen molar-refractivity contribution in [1.29, 1.82) is 0 Å². The summed E-state index contributed by atoms with van der Waals surface area (Å²) in [6, 6.07) is 0. The molecule has 16 heavy (non-hydrogen) atoms. The molecule has 0 radical (unpaired) electrons. The molecule has 0 atom stereocenters. The Morgan fingerprint density at radius 3 is 2.94 bits per heavy atom. The third kappa shape index (κ3) is 3.24. The first-order valence-electron chi connectivity index (χ1n) is 4.71. The highest BCUT2D eigenvalue weighted by molar-refractivity contribution is 6.43. The van der Waals surface area contributed by atoms with E-state index in [-0.39, 0.29) is 5.71 Å². The van der Waals surface area contributed by atoms with Gasteiger partial charge in [-0.3, -0.25) is 0 Å². The Morgan fingerprint density at radius 2 is 2.31 bits per heavy atom. The lowest BCUT2D eigenvalue weighted by Crippen LogP contribution is -2.14. The summed E-state index contributed by atoms with van der Waals surface area (Å²) in [7, 11) is 1.52. The molecule has 4 heteroatoms. The summed E-state index contributed by atoms with van der Waals surface area (Å²) in [6.45, 7) is 3.64. The van der Waals surface area contributed by atoms with Crippen LogP contribution in [-0.2, 0) is 9.53 Å². The van der Waals surface area contributed by atoms with Gasteiger partial charge in [-0.05, 0) is 0 Å². The van der Waals surface area contributed by atoms with Crippen molar-refractivity contribution in [3.05, 3.63) is 48.4 Å². The van der Waals surface area contributed by atoms with Crippen molar-refractivity contribution in [2.75, 3.05) is 7.11 Å². The Labute approximate surface area is 94.0 Å². The van der Waals surface area contributed by atoms with Gasteiger partial charge in [0.2, 0.25) is 0 Å². The third-order valence-corrected chi connectivity index (χ3v) is 1.97.